The molecule has 0 aliphatic carbocycles. The van der Waals surface area contributed by atoms with Crippen LogP contribution >= 0.6 is 0 Å². The number of ether oxygens (including phenoxy) is 2. The van der Waals surface area contributed by atoms with Gasteiger partial charge in [-0.3, -0.25) is 97.1 Å². The van der Waals surface area contributed by atoms with Crippen molar-refractivity contribution in [3.8, 4) is 23.0 Å². The first kappa shape index (κ1) is 108. The molecule has 53 nitrogen and oxygen atoms in total. The Labute approximate surface area is 786 Å². The van der Waals surface area contributed by atoms with E-state index in [1.54, 1.807) is 20.8 Å². The van der Waals surface area contributed by atoms with Gasteiger partial charge in [0.25, 0.3) is 11.8 Å². The number of primary amides is 2. The van der Waals surface area contributed by atoms with Crippen LogP contribution in [0.2, 0.25) is 0 Å². The van der Waals surface area contributed by atoms with Crippen LogP contribution in [0, 0.1) is 17.2 Å². The second-order valence-corrected chi connectivity index (χ2v) is 32.8. The highest BCUT2D eigenvalue weighted by atomic mass is 16.6. The number of carboxylic acid groups (broad SMARTS) is 3. The zero-order valence-corrected chi connectivity index (χ0v) is 76.3. The van der Waals surface area contributed by atoms with Gasteiger partial charge < -0.3 is 142 Å². The van der Waals surface area contributed by atoms with E-state index >= 15 is 0 Å². The summed E-state index contributed by atoms with van der Waals surface area (Å²) in [6.07, 6.45) is 0.450. The van der Waals surface area contributed by atoms with Crippen molar-refractivity contribution in [1.29, 1.82) is 5.41 Å². The fraction of sp³-hybridized carbons (Fsp3) is 0.459. The number of benzene rings is 3. The van der Waals surface area contributed by atoms with Crippen molar-refractivity contribution >= 4 is 130 Å². The van der Waals surface area contributed by atoms with Crippen molar-refractivity contribution in [3.05, 3.63) is 119 Å². The first-order valence-corrected chi connectivity index (χ1v) is 43.3. The summed E-state index contributed by atoms with van der Waals surface area (Å²) in [5.74, 6) is -24.6. The summed E-state index contributed by atoms with van der Waals surface area (Å²) in [7, 11) is 0. The minimum Gasteiger partial charge on any atom is -0.508 e. The maximum absolute atomic E-state index is 14.4. The summed E-state index contributed by atoms with van der Waals surface area (Å²) in [4.78, 5) is 297. The molecular weight excluding hydrogens is 1820 g/mol. The Hall–Kier alpha value is -16.6. The number of aromatic nitrogens is 4. The molecule has 2 aromatic heterocycles. The number of amides is 18. The van der Waals surface area contributed by atoms with E-state index in [1.165, 1.54) is 107 Å². The predicted molar refractivity (Wildman–Crippen MR) is 476 cm³/mol. The van der Waals surface area contributed by atoms with Crippen LogP contribution in [-0.4, -0.2) is 279 Å². The second kappa shape index (κ2) is 50.0. The number of phenolic OH excluding ortho intramolecular Hbond substituents is 2. The standard InChI is InChI=1S/C85H113N25O28/c1-10-38(4)67(80(132)106-58(31-62(87)114)78(130)103-54(20-22-64(116)117)75(127)97-39(5)68(120)93-34-63(115)101-55(81(133)134)12-11-24-92-83(88)89)108-84(136)110(25-23-65(118)119)109-72(124)43(9)100-76(128)56(27-45-32-90-35-94-45)104-70(122)41(7)96-69(121)40(6)99-77(129)57(28-46-33-91-36-95-46)105-79(131)66(37(2)3)107-71(123)42(8)98-74(126)53(19-21-61(86)113)102-73(125)44-13-16-49-52(26-44)85(138-82(49)135)50-17-14-47(111)29-59(50)137-60-30-48(112)15-18-51(60)85/h13-18,26,29-30,32-33,35-43,53-58,66-67,111-112H,10-12,19-25,27-28,31,34H2,1-9H3,(H2,86,113)(H2,87,114)(H,90,94)(H,91,95)(H,93,120)(H,96,121)(H,97,127)(H,98,126)(H,99,129)(H,100,128)(H,101,115)(H,102,125)(H,103,130)(H,104,122)(H,105,131)(H,106,132)(H,107,123)(H,108,136)(H,109,124)(H,116,117)(H,118,119)(H,133,134)(H4,88,89,92)/t38-,39-,40-,41-,42-,43-,53-,54-,55-,56-,57-,58-,66-,67-/m0/s1. The van der Waals surface area contributed by atoms with Crippen LogP contribution in [0.4, 0.5) is 4.79 Å². The van der Waals surface area contributed by atoms with Gasteiger partial charge in [0.1, 0.15) is 102 Å². The third-order valence-electron chi connectivity index (χ3n) is 21.7. The molecule has 0 saturated heterocycles. The molecule has 138 heavy (non-hydrogen) atoms. The number of carboxylic acids is 3. The lowest BCUT2D eigenvalue weighted by atomic mass is 9.77. The number of rotatable bonds is 51. The SMILES string of the molecule is CC[C@H](C)[C@H](NC(=O)N(CCC(=O)O)NC(=O)[C@H](C)NC(=O)[C@H](Cc1c[nH]cn1)NC(=O)[C@H](C)NC(=O)[C@H](C)NC(=O)[C@H](Cc1c[nH]cn1)NC(=O)[C@@H](NC(=O)[C@H](C)NC(=O)[C@H](CCC(N)=O)NC(=O)c1ccc2c(c1)C1(OC2=O)c2ccc(O)cc2Oc2cc(O)ccc21)C(C)C)C(=O)N[C@@H](CC(N)=O)C(=O)N[C@@H](CCC(=O)O)C(=O)N[C@@H](C)C(=O)NCC(=O)N[C@@H](CCCNC(=N)N)C(=O)O. The number of esters is 1. The number of guanidine groups is 1. The number of hydrazine groups is 1. The molecule has 53 heteroatoms. The minimum absolute atomic E-state index is 0.0278. The molecule has 0 bridgehead atoms. The molecule has 2 aliphatic heterocycles. The monoisotopic (exact) mass is 1930 g/mol. The molecule has 1 spiro atoms. The van der Waals surface area contributed by atoms with Gasteiger partial charge in [0.05, 0.1) is 55.5 Å². The average Bonchev–Trinajstić information content (AvgIpc) is 1.54. The Morgan fingerprint density at radius 3 is 1.45 bits per heavy atom. The molecule has 5 aromatic rings. The molecule has 0 radical (unpaired) electrons. The summed E-state index contributed by atoms with van der Waals surface area (Å²) >= 11 is 0. The predicted octanol–water partition coefficient (Wildman–Crippen LogP) is -5.81. The normalized spacial score (nSPS) is 14.9. The Balaban J connectivity index is 0.955. The Bertz CT molecular complexity index is 5350. The van der Waals surface area contributed by atoms with Crippen LogP contribution < -0.4 is 107 Å². The molecule has 2 aliphatic rings. The number of aromatic hydroxyl groups is 2. The van der Waals surface area contributed by atoms with Gasteiger partial charge in [-0.25, -0.2) is 29.4 Å². The molecular formula is C85H113N25O28. The lowest BCUT2D eigenvalue weighted by molar-refractivity contribution is -0.142. The van der Waals surface area contributed by atoms with Crippen molar-refractivity contribution in [1.82, 2.24) is 110 Å². The molecule has 7 rings (SSSR count). The molecule has 14 atom stereocenters. The molecule has 18 amide bonds. The van der Waals surface area contributed by atoms with Gasteiger partial charge in [-0.2, -0.15) is 0 Å². The molecule has 0 fully saturated rings. The number of H-pyrrole nitrogens is 2. The number of urea groups is 1. The number of imidazole rings is 2. The van der Waals surface area contributed by atoms with Crippen molar-refractivity contribution in [3.63, 3.8) is 0 Å². The number of aromatic amines is 2. The van der Waals surface area contributed by atoms with Gasteiger partial charge in [-0.05, 0) is 115 Å². The van der Waals surface area contributed by atoms with Crippen molar-refractivity contribution in [2.24, 2.45) is 29.0 Å². The molecule has 746 valence electrons. The molecule has 0 unspecified atom stereocenters. The zero-order chi connectivity index (χ0) is 102. The summed E-state index contributed by atoms with van der Waals surface area (Å²) in [5.41, 5.74) is 17.5. The van der Waals surface area contributed by atoms with E-state index in [4.69, 9.17) is 32.1 Å². The highest BCUT2D eigenvalue weighted by Gasteiger charge is 2.54. The summed E-state index contributed by atoms with van der Waals surface area (Å²) in [5, 5.41) is 93.0. The average molecular weight is 1930 g/mol. The third kappa shape index (κ3) is 31.0. The Morgan fingerprint density at radius 2 is 0.949 bits per heavy atom. The maximum atomic E-state index is 14.4. The summed E-state index contributed by atoms with van der Waals surface area (Å²) in [6, 6.07) is -10.3. The van der Waals surface area contributed by atoms with Crippen LogP contribution in [0.15, 0.2) is 79.6 Å². The number of phenols is 2. The van der Waals surface area contributed by atoms with E-state index in [-0.39, 0.29) is 100 Å². The molecule has 30 N–H and O–H groups in total. The number of carbonyl (C=O) groups is 21. The molecule has 0 saturated carbocycles. The lowest BCUT2D eigenvalue weighted by Gasteiger charge is -2.36. The Kier molecular flexibility index (Phi) is 39.3. The first-order chi connectivity index (χ1) is 65.0. The number of hydrogen-bond donors (Lipinski definition) is 27. The largest absolute Gasteiger partial charge is 0.508 e. The van der Waals surface area contributed by atoms with Crippen molar-refractivity contribution < 1.29 is 136 Å². The highest BCUT2D eigenvalue weighted by Crippen LogP contribution is 2.57. The zero-order valence-electron chi connectivity index (χ0n) is 76.3. The van der Waals surface area contributed by atoms with E-state index in [2.05, 4.69) is 105 Å². The highest BCUT2D eigenvalue weighted by molar-refractivity contribution is 6.04. The molecule has 3 aromatic carbocycles. The first-order valence-electron chi connectivity index (χ1n) is 43.3. The summed E-state index contributed by atoms with van der Waals surface area (Å²) in [6.45, 7) is 10.4. The number of carbonyl (C=O) groups excluding carboxylic acids is 18. The van der Waals surface area contributed by atoms with Gasteiger partial charge in [0, 0.05) is 79.0 Å². The van der Waals surface area contributed by atoms with Gasteiger partial charge in [-0.15, -0.1) is 0 Å². The molecule has 4 heterocycles. The van der Waals surface area contributed by atoms with Crippen molar-refractivity contribution in [2.45, 2.75) is 217 Å². The van der Waals surface area contributed by atoms with Crippen LogP contribution in [0.5, 0.6) is 23.0 Å². The van der Waals surface area contributed by atoms with E-state index in [0.29, 0.717) is 5.01 Å². The lowest BCUT2D eigenvalue weighted by Crippen LogP contribution is -2.62. The minimum atomic E-state index is -2.00. The van der Waals surface area contributed by atoms with Crippen molar-refractivity contribution in [2.75, 3.05) is 19.6 Å². The van der Waals surface area contributed by atoms with E-state index < -0.39 is 278 Å². The van der Waals surface area contributed by atoms with Crippen LogP contribution in [-0.2, 0) is 109 Å². The van der Waals surface area contributed by atoms with Gasteiger partial charge in [0.2, 0.25) is 82.7 Å². The fourth-order valence-electron chi connectivity index (χ4n) is 14.0. The quantitative estimate of drug-likeness (QED) is 0.00567. The number of nitrogens with one attached hydrogen (secondary N) is 19. The number of fused-ring (bicyclic) bond motifs is 6. The topological polar surface area (TPSA) is 833 Å². The second-order valence-electron chi connectivity index (χ2n) is 32.8. The number of nitrogens with zero attached hydrogens (tertiary/aromatic N) is 3. The van der Waals surface area contributed by atoms with E-state index in [1.807, 2.05) is 0 Å². The van der Waals surface area contributed by atoms with Crippen LogP contribution in [0.3, 0.4) is 0 Å². The van der Waals surface area contributed by atoms with Gasteiger partial charge in [0.15, 0.2) is 11.6 Å². The number of aliphatic carboxylic acids is 3. The van der Waals surface area contributed by atoms with E-state index in [9.17, 15) is 126 Å². The smallest absolute Gasteiger partial charge is 0.340 e. The van der Waals surface area contributed by atoms with Crippen LogP contribution in [0.25, 0.3) is 0 Å². The van der Waals surface area contributed by atoms with E-state index in [0.717, 1.165) is 13.8 Å². The Morgan fingerprint density at radius 1 is 0.478 bits per heavy atom. The van der Waals surface area contributed by atoms with Crippen LogP contribution in [0.1, 0.15) is 169 Å². The third-order valence-corrected chi connectivity index (χ3v) is 21.7. The maximum Gasteiger partial charge on any atom is 0.340 e. The fourth-order valence-corrected chi connectivity index (χ4v) is 14.0. The number of hydrogen-bond acceptors (Lipinski definition) is 28. The number of nitrogens with two attached hydrogens (primary N) is 3. The summed E-state index contributed by atoms with van der Waals surface area (Å²) < 4.78 is 12.1. The van der Waals surface area contributed by atoms with Gasteiger partial charge >= 0.3 is 29.9 Å². The van der Waals surface area contributed by atoms with Gasteiger partial charge in [-0.1, -0.05) is 34.1 Å².